The molecule has 1 unspecified atom stereocenters. The summed E-state index contributed by atoms with van der Waals surface area (Å²) in [5.41, 5.74) is 2.61. The fraction of sp³-hybridized carbons (Fsp3) is 0.372. The van der Waals surface area contributed by atoms with Crippen LogP contribution in [0.2, 0.25) is 0 Å². The van der Waals surface area contributed by atoms with Gasteiger partial charge in [-0.3, -0.25) is 44.0 Å². The molecule has 1 saturated carbocycles. The number of fused-ring (bicyclic) bond motifs is 2. The first-order valence-electron chi connectivity index (χ1n) is 19.5. The Morgan fingerprint density at radius 1 is 0.914 bits per heavy atom. The van der Waals surface area contributed by atoms with Crippen LogP contribution < -0.4 is 25.4 Å². The van der Waals surface area contributed by atoms with Crippen LogP contribution in [0.4, 0.5) is 10.1 Å². The average molecular weight is 794 g/mol. The Morgan fingerprint density at radius 2 is 1.71 bits per heavy atom. The van der Waals surface area contributed by atoms with Gasteiger partial charge in [0, 0.05) is 36.2 Å². The Bertz CT molecular complexity index is 2220. The van der Waals surface area contributed by atoms with Gasteiger partial charge >= 0.3 is 0 Å². The smallest absolute Gasteiger partial charge is 0.266 e. The van der Waals surface area contributed by atoms with Gasteiger partial charge in [0.05, 0.1) is 29.9 Å². The summed E-state index contributed by atoms with van der Waals surface area (Å²) in [5, 5.41) is 8.70. The van der Waals surface area contributed by atoms with Gasteiger partial charge in [0.2, 0.25) is 17.7 Å². The minimum atomic E-state index is -1.11. The van der Waals surface area contributed by atoms with E-state index in [0.717, 1.165) is 47.0 Å². The summed E-state index contributed by atoms with van der Waals surface area (Å²) in [4.78, 5) is 80.9. The van der Waals surface area contributed by atoms with Gasteiger partial charge in [0.15, 0.2) is 6.61 Å². The summed E-state index contributed by atoms with van der Waals surface area (Å²) in [6.45, 7) is 2.45. The number of pyridine rings is 1. The van der Waals surface area contributed by atoms with Crippen molar-refractivity contribution >= 4 is 52.0 Å². The summed E-state index contributed by atoms with van der Waals surface area (Å²) in [6.07, 6.45) is 5.49. The molecule has 3 heterocycles. The molecular formula is C43H44FN5O9. The first-order valence-corrected chi connectivity index (χ1v) is 19.5. The van der Waals surface area contributed by atoms with Crippen molar-refractivity contribution in [3.63, 3.8) is 0 Å². The van der Waals surface area contributed by atoms with E-state index < -0.39 is 42.2 Å². The molecule has 58 heavy (non-hydrogen) atoms. The number of amides is 6. The molecule has 302 valence electrons. The molecule has 0 spiro atoms. The number of ether oxygens (including phenoxy) is 3. The van der Waals surface area contributed by atoms with Crippen LogP contribution in [-0.2, 0) is 23.9 Å². The summed E-state index contributed by atoms with van der Waals surface area (Å²) < 4.78 is 30.9. The molecule has 0 radical (unpaired) electrons. The number of piperidine rings is 1. The molecule has 14 nitrogen and oxygen atoms in total. The molecule has 2 atom stereocenters. The molecule has 3 aromatic carbocycles. The van der Waals surface area contributed by atoms with Crippen LogP contribution >= 0.6 is 0 Å². The summed E-state index contributed by atoms with van der Waals surface area (Å²) in [7, 11) is 0. The highest BCUT2D eigenvalue weighted by Crippen LogP contribution is 2.41. The minimum Gasteiger partial charge on any atom is -0.491 e. The molecule has 3 N–H and O–H groups in total. The van der Waals surface area contributed by atoms with Gasteiger partial charge in [-0.15, -0.1) is 0 Å². The number of benzene rings is 3. The number of nitrogens with one attached hydrogen (secondary N) is 3. The number of carbonyl (C=O) groups excluding carboxylic acids is 6. The molecule has 2 aliphatic heterocycles. The number of rotatable bonds is 15. The summed E-state index contributed by atoms with van der Waals surface area (Å²) in [5.74, 6) is -2.32. The largest absolute Gasteiger partial charge is 0.491 e. The molecule has 0 bridgehead atoms. The third-order valence-electron chi connectivity index (χ3n) is 11.0. The van der Waals surface area contributed by atoms with Crippen molar-refractivity contribution in [2.24, 2.45) is 11.8 Å². The Balaban J connectivity index is 0.770. The van der Waals surface area contributed by atoms with E-state index in [1.54, 1.807) is 42.6 Å². The van der Waals surface area contributed by atoms with E-state index in [9.17, 15) is 33.2 Å². The normalized spacial score (nSPS) is 19.7. The van der Waals surface area contributed by atoms with Crippen LogP contribution in [0.1, 0.15) is 77.6 Å². The lowest BCUT2D eigenvalue weighted by molar-refractivity contribution is -0.136. The van der Waals surface area contributed by atoms with Gasteiger partial charge in [-0.1, -0.05) is 13.0 Å². The van der Waals surface area contributed by atoms with E-state index in [-0.39, 0.29) is 79.6 Å². The number of carbonyl (C=O) groups is 6. The third-order valence-corrected chi connectivity index (χ3v) is 11.0. The highest BCUT2D eigenvalue weighted by atomic mass is 19.1. The Morgan fingerprint density at radius 3 is 2.48 bits per heavy atom. The lowest BCUT2D eigenvalue weighted by Crippen LogP contribution is -2.54. The number of imide groups is 2. The maximum Gasteiger partial charge on any atom is 0.266 e. The fourth-order valence-corrected chi connectivity index (χ4v) is 7.91. The summed E-state index contributed by atoms with van der Waals surface area (Å²) >= 11 is 0. The molecular weight excluding hydrogens is 749 g/mol. The number of nitrogens with zero attached hydrogens (tertiary/aromatic N) is 2. The molecule has 4 aromatic rings. The van der Waals surface area contributed by atoms with Crippen molar-refractivity contribution in [3.8, 4) is 11.5 Å². The molecule has 1 saturated heterocycles. The van der Waals surface area contributed by atoms with Crippen LogP contribution in [0.3, 0.4) is 0 Å². The molecule has 6 amide bonds. The zero-order valence-corrected chi connectivity index (χ0v) is 32.0. The minimum absolute atomic E-state index is 0.00300. The number of anilines is 1. The van der Waals surface area contributed by atoms with Crippen molar-refractivity contribution in [1.29, 1.82) is 0 Å². The van der Waals surface area contributed by atoms with Crippen molar-refractivity contribution in [1.82, 2.24) is 20.5 Å². The van der Waals surface area contributed by atoms with E-state index in [2.05, 4.69) is 20.9 Å². The van der Waals surface area contributed by atoms with E-state index in [0.29, 0.717) is 17.4 Å². The maximum absolute atomic E-state index is 14.0. The second-order valence-corrected chi connectivity index (χ2v) is 14.7. The van der Waals surface area contributed by atoms with Crippen molar-refractivity contribution in [3.05, 3.63) is 95.4 Å². The predicted octanol–water partition coefficient (Wildman–Crippen LogP) is 4.91. The maximum atomic E-state index is 14.0. The molecule has 15 heteroatoms. The van der Waals surface area contributed by atoms with Crippen molar-refractivity contribution < 1.29 is 47.4 Å². The van der Waals surface area contributed by atoms with Gasteiger partial charge < -0.3 is 24.8 Å². The second kappa shape index (κ2) is 17.9. The predicted molar refractivity (Wildman–Crippen MR) is 209 cm³/mol. The van der Waals surface area contributed by atoms with E-state index in [1.165, 1.54) is 24.3 Å². The van der Waals surface area contributed by atoms with Gasteiger partial charge in [-0.25, -0.2) is 4.39 Å². The topological polar surface area (TPSA) is 182 Å². The Kier molecular flexibility index (Phi) is 12.4. The Hall–Kier alpha value is -6.22. The molecule has 1 aromatic heterocycles. The van der Waals surface area contributed by atoms with Crippen LogP contribution in [0, 0.1) is 17.7 Å². The highest BCUT2D eigenvalue weighted by molar-refractivity contribution is 6.24. The molecule has 1 aliphatic carbocycles. The first-order chi connectivity index (χ1) is 28.1. The lowest BCUT2D eigenvalue weighted by Gasteiger charge is -2.32. The second-order valence-electron chi connectivity index (χ2n) is 14.7. The van der Waals surface area contributed by atoms with E-state index >= 15 is 0 Å². The number of halogens is 1. The quantitative estimate of drug-likeness (QED) is 0.110. The number of hydrogen-bond acceptors (Lipinski definition) is 10. The van der Waals surface area contributed by atoms with Crippen LogP contribution in [0.15, 0.2) is 72.9 Å². The highest BCUT2D eigenvalue weighted by Gasteiger charge is 2.46. The molecule has 2 fully saturated rings. The van der Waals surface area contributed by atoms with Gasteiger partial charge in [0.1, 0.15) is 30.0 Å². The van der Waals surface area contributed by atoms with Crippen LogP contribution in [0.25, 0.3) is 10.9 Å². The number of hydrogen-bond donors (Lipinski definition) is 3. The standard InChI is InChI=1S/C43H44FN5O9/c1-25(26-5-7-27(8-6-26)31-17-18-45-34-14-9-28(44)23-33(31)34)40(52)47-29-10-12-30(13-11-29)57-22-21-56-20-19-46-38(51)24-58-36-4-2-3-32-39(36)43(55)49(42(32)54)35-15-16-37(50)48-41(35)53/h2-4,9-14,17-18,23,25-27,35H,5-8,15-16,19-22,24H2,1H3,(H,46,51)(H,47,52)(H,48,50,53)/t25-,26-,27+,35?/m1/s1. The van der Waals surface area contributed by atoms with Crippen LogP contribution in [-0.4, -0.2) is 84.3 Å². The van der Waals surface area contributed by atoms with E-state index in [4.69, 9.17) is 14.2 Å². The van der Waals surface area contributed by atoms with Gasteiger partial charge in [0.25, 0.3) is 17.7 Å². The van der Waals surface area contributed by atoms with Gasteiger partial charge in [-0.05, 0) is 110 Å². The monoisotopic (exact) mass is 793 g/mol. The van der Waals surface area contributed by atoms with Gasteiger partial charge in [-0.2, -0.15) is 0 Å². The zero-order valence-electron chi connectivity index (χ0n) is 32.0. The Labute approximate surface area is 333 Å². The average Bonchev–Trinajstić information content (AvgIpc) is 3.48. The zero-order chi connectivity index (χ0) is 40.8. The van der Waals surface area contributed by atoms with Crippen molar-refractivity contribution in [2.45, 2.75) is 57.4 Å². The van der Waals surface area contributed by atoms with Crippen LogP contribution in [0.5, 0.6) is 11.5 Å². The summed E-state index contributed by atoms with van der Waals surface area (Å²) in [6, 6.07) is 17.1. The molecule has 7 rings (SSSR count). The fourth-order valence-electron chi connectivity index (χ4n) is 7.91. The lowest BCUT2D eigenvalue weighted by atomic mass is 9.73. The number of aromatic nitrogens is 1. The molecule has 3 aliphatic rings. The SMILES string of the molecule is C[C@@H](C(=O)Nc1ccc(OCCOCCNC(=O)COc2cccc3c2C(=O)N(C2CCC(=O)NC2=O)C3=O)cc1)[C@H]1CC[C@@H](c2ccnc3ccc(F)cc32)CC1. The van der Waals surface area contributed by atoms with E-state index in [1.807, 2.05) is 13.0 Å². The first kappa shape index (κ1) is 40.0. The third kappa shape index (κ3) is 8.99. The van der Waals surface area contributed by atoms with Crippen molar-refractivity contribution in [2.75, 3.05) is 38.3 Å².